The summed E-state index contributed by atoms with van der Waals surface area (Å²) in [5.41, 5.74) is 4.07. The second-order valence-corrected chi connectivity index (χ2v) is 5.44. The highest BCUT2D eigenvalue weighted by Crippen LogP contribution is 2.20. The molecule has 0 spiro atoms. The van der Waals surface area contributed by atoms with Crippen LogP contribution in [-0.4, -0.2) is 26.7 Å². The molecule has 2 rings (SSSR count). The van der Waals surface area contributed by atoms with Gasteiger partial charge in [0.05, 0.1) is 0 Å². The van der Waals surface area contributed by atoms with Gasteiger partial charge in [0.25, 0.3) is 0 Å². The van der Waals surface area contributed by atoms with E-state index in [1.54, 1.807) is 0 Å². The minimum Gasteiger partial charge on any atom is -0.374 e. The Hall–Kier alpha value is -0.730. The van der Waals surface area contributed by atoms with E-state index in [1.807, 2.05) is 0 Å². The van der Waals surface area contributed by atoms with E-state index < -0.39 is 0 Å². The Morgan fingerprint density at radius 3 is 2.44 bits per heavy atom. The van der Waals surface area contributed by atoms with Gasteiger partial charge in [-0.1, -0.05) is 6.07 Å². The summed E-state index contributed by atoms with van der Waals surface area (Å²) in [6.45, 7) is 7.88. The van der Waals surface area contributed by atoms with Gasteiger partial charge in [0.15, 0.2) is 0 Å². The van der Waals surface area contributed by atoms with Crippen LogP contribution in [0.3, 0.4) is 0 Å². The lowest BCUT2D eigenvalue weighted by atomic mass is 9.99. The largest absolute Gasteiger partial charge is 0.374 e. The van der Waals surface area contributed by atoms with Gasteiger partial charge in [0.1, 0.15) is 0 Å². The molecule has 1 fully saturated rings. The van der Waals surface area contributed by atoms with Gasteiger partial charge < -0.3 is 10.2 Å². The second-order valence-electron chi connectivity index (χ2n) is 5.44. The van der Waals surface area contributed by atoms with Crippen molar-refractivity contribution in [3.63, 3.8) is 0 Å². The van der Waals surface area contributed by atoms with Crippen molar-refractivity contribution in [2.45, 2.75) is 26.7 Å². The SMILES string of the molecule is Cc1cc(C)cc(N(C)CC2CCCNC2)c1.Cl. The molecular weight excluding hydrogens is 244 g/mol. The second kappa shape index (κ2) is 7.01. The lowest BCUT2D eigenvalue weighted by Crippen LogP contribution is -2.36. The number of nitrogens with zero attached hydrogens (tertiary/aromatic N) is 1. The quantitative estimate of drug-likeness (QED) is 0.906. The van der Waals surface area contributed by atoms with E-state index in [2.05, 4.69) is 49.3 Å². The van der Waals surface area contributed by atoms with Gasteiger partial charge in [-0.05, 0) is 69.0 Å². The topological polar surface area (TPSA) is 15.3 Å². The average molecular weight is 269 g/mol. The molecule has 0 bridgehead atoms. The maximum atomic E-state index is 3.49. The molecule has 1 aliphatic heterocycles. The standard InChI is InChI=1S/C15H24N2.ClH/c1-12-7-13(2)9-15(8-12)17(3)11-14-5-4-6-16-10-14;/h7-9,14,16H,4-6,10-11H2,1-3H3;1H. The van der Waals surface area contributed by atoms with Crippen LogP contribution in [0.4, 0.5) is 5.69 Å². The first-order chi connectivity index (χ1) is 8.15. The molecule has 2 nitrogen and oxygen atoms in total. The van der Waals surface area contributed by atoms with E-state index >= 15 is 0 Å². The number of benzene rings is 1. The highest BCUT2D eigenvalue weighted by Gasteiger charge is 2.15. The summed E-state index contributed by atoms with van der Waals surface area (Å²) in [6, 6.07) is 6.80. The van der Waals surface area contributed by atoms with Gasteiger partial charge in [-0.15, -0.1) is 12.4 Å². The maximum absolute atomic E-state index is 3.49. The molecule has 1 aliphatic rings. The fourth-order valence-corrected chi connectivity index (χ4v) is 2.74. The molecule has 18 heavy (non-hydrogen) atoms. The molecule has 1 unspecified atom stereocenters. The van der Waals surface area contributed by atoms with Crippen molar-refractivity contribution in [1.82, 2.24) is 5.32 Å². The van der Waals surface area contributed by atoms with Crippen LogP contribution >= 0.6 is 12.4 Å². The number of nitrogens with one attached hydrogen (secondary N) is 1. The summed E-state index contributed by atoms with van der Waals surface area (Å²) in [4.78, 5) is 2.40. The Balaban J connectivity index is 0.00000162. The summed E-state index contributed by atoms with van der Waals surface area (Å²) >= 11 is 0. The molecule has 1 heterocycles. The first kappa shape index (κ1) is 15.3. The lowest BCUT2D eigenvalue weighted by Gasteiger charge is -2.29. The van der Waals surface area contributed by atoms with Gasteiger partial charge in [-0.3, -0.25) is 0 Å². The zero-order valence-electron chi connectivity index (χ0n) is 11.7. The zero-order valence-corrected chi connectivity index (χ0v) is 12.5. The zero-order chi connectivity index (χ0) is 12.3. The highest BCUT2D eigenvalue weighted by atomic mass is 35.5. The normalized spacial score (nSPS) is 19.2. The van der Waals surface area contributed by atoms with E-state index in [0.29, 0.717) is 0 Å². The van der Waals surface area contributed by atoms with Crippen molar-refractivity contribution in [2.24, 2.45) is 5.92 Å². The van der Waals surface area contributed by atoms with Crippen molar-refractivity contribution < 1.29 is 0 Å². The molecule has 0 aromatic heterocycles. The molecule has 0 saturated carbocycles. The average Bonchev–Trinajstić information content (AvgIpc) is 2.29. The van der Waals surface area contributed by atoms with Crippen molar-refractivity contribution in [2.75, 3.05) is 31.6 Å². The molecule has 1 aromatic carbocycles. The van der Waals surface area contributed by atoms with Crippen LogP contribution in [0.25, 0.3) is 0 Å². The third-order valence-corrected chi connectivity index (χ3v) is 3.58. The van der Waals surface area contributed by atoms with Crippen LogP contribution in [-0.2, 0) is 0 Å². The number of hydrogen-bond acceptors (Lipinski definition) is 2. The Labute approximate surface area is 117 Å². The van der Waals surface area contributed by atoms with E-state index in [0.717, 1.165) is 12.5 Å². The summed E-state index contributed by atoms with van der Waals surface area (Å²) in [6.07, 6.45) is 2.69. The van der Waals surface area contributed by atoms with Crippen LogP contribution in [0.5, 0.6) is 0 Å². The van der Waals surface area contributed by atoms with Crippen molar-refractivity contribution in [3.05, 3.63) is 29.3 Å². The number of piperidine rings is 1. The molecule has 0 amide bonds. The van der Waals surface area contributed by atoms with E-state index in [9.17, 15) is 0 Å². The Morgan fingerprint density at radius 2 is 1.89 bits per heavy atom. The van der Waals surface area contributed by atoms with Crippen LogP contribution in [0.1, 0.15) is 24.0 Å². The Kier molecular flexibility index (Phi) is 5.97. The highest BCUT2D eigenvalue weighted by molar-refractivity contribution is 5.85. The number of aryl methyl sites for hydroxylation is 2. The molecule has 1 atom stereocenters. The third-order valence-electron chi connectivity index (χ3n) is 3.58. The van der Waals surface area contributed by atoms with Crippen LogP contribution in [0.15, 0.2) is 18.2 Å². The summed E-state index contributed by atoms with van der Waals surface area (Å²) in [5.74, 6) is 0.801. The summed E-state index contributed by atoms with van der Waals surface area (Å²) < 4.78 is 0. The summed E-state index contributed by atoms with van der Waals surface area (Å²) in [5, 5.41) is 3.49. The monoisotopic (exact) mass is 268 g/mol. The molecule has 102 valence electrons. The van der Waals surface area contributed by atoms with Crippen molar-refractivity contribution in [3.8, 4) is 0 Å². The van der Waals surface area contributed by atoms with Gasteiger partial charge in [-0.2, -0.15) is 0 Å². The van der Waals surface area contributed by atoms with E-state index in [-0.39, 0.29) is 12.4 Å². The predicted octanol–water partition coefficient (Wildman–Crippen LogP) is 3.16. The molecule has 3 heteroatoms. The van der Waals surface area contributed by atoms with Gasteiger partial charge >= 0.3 is 0 Å². The third kappa shape index (κ3) is 4.18. The van der Waals surface area contributed by atoms with Crippen LogP contribution in [0, 0.1) is 19.8 Å². The molecule has 1 aromatic rings. The minimum atomic E-state index is 0. The van der Waals surface area contributed by atoms with E-state index in [1.165, 1.54) is 42.7 Å². The van der Waals surface area contributed by atoms with Gasteiger partial charge in [0, 0.05) is 19.3 Å². The van der Waals surface area contributed by atoms with Crippen molar-refractivity contribution >= 4 is 18.1 Å². The maximum Gasteiger partial charge on any atom is 0.0369 e. The van der Waals surface area contributed by atoms with Gasteiger partial charge in [0.2, 0.25) is 0 Å². The minimum absolute atomic E-state index is 0. The first-order valence-corrected chi connectivity index (χ1v) is 6.65. The van der Waals surface area contributed by atoms with E-state index in [4.69, 9.17) is 0 Å². The number of anilines is 1. The van der Waals surface area contributed by atoms with Gasteiger partial charge in [-0.25, -0.2) is 0 Å². The molecular formula is C15H25ClN2. The molecule has 0 aliphatic carbocycles. The fourth-order valence-electron chi connectivity index (χ4n) is 2.74. The molecule has 1 N–H and O–H groups in total. The van der Waals surface area contributed by atoms with Crippen LogP contribution in [0.2, 0.25) is 0 Å². The molecule has 1 saturated heterocycles. The number of rotatable bonds is 3. The van der Waals surface area contributed by atoms with Crippen molar-refractivity contribution in [1.29, 1.82) is 0 Å². The summed E-state index contributed by atoms with van der Waals surface area (Å²) in [7, 11) is 2.21. The number of halogens is 1. The lowest BCUT2D eigenvalue weighted by molar-refractivity contribution is 0.381. The molecule has 0 radical (unpaired) electrons. The number of hydrogen-bond donors (Lipinski definition) is 1. The van der Waals surface area contributed by atoms with Crippen LogP contribution < -0.4 is 10.2 Å². The predicted molar refractivity (Wildman–Crippen MR) is 82.0 cm³/mol. The fraction of sp³-hybridized carbons (Fsp3) is 0.600. The smallest absolute Gasteiger partial charge is 0.0369 e. The Bertz CT molecular complexity index is 353. The Morgan fingerprint density at radius 1 is 1.22 bits per heavy atom. The first-order valence-electron chi connectivity index (χ1n) is 6.65.